The zero-order valence-electron chi connectivity index (χ0n) is 42.2. The maximum Gasteiger partial charge on any atom is 0.315 e. The Morgan fingerprint density at radius 1 is 1.04 bits per heavy atom. The summed E-state index contributed by atoms with van der Waals surface area (Å²) < 4.78 is 18.2. The van der Waals surface area contributed by atoms with Crippen molar-refractivity contribution in [3.05, 3.63) is 88.3 Å². The van der Waals surface area contributed by atoms with Crippen molar-refractivity contribution in [1.29, 1.82) is 0 Å². The number of carbonyl (C=O) groups excluding carboxylic acids is 4. The number of aliphatic hydroxyl groups is 2. The van der Waals surface area contributed by atoms with Gasteiger partial charge in [-0.1, -0.05) is 64.1 Å². The molecule has 5 heterocycles. The number of carbonyl (C=O) groups is 4. The number of piperidine rings is 1. The average molecular weight is 979 g/mol. The van der Waals surface area contributed by atoms with Crippen molar-refractivity contribution in [2.45, 2.75) is 123 Å². The molecule has 0 saturated carbocycles. The topological polar surface area (TPSA) is 232 Å². The summed E-state index contributed by atoms with van der Waals surface area (Å²) in [6.07, 6.45) is 6.29. The number of benzene rings is 3. The Labute approximate surface area is 415 Å². The predicted molar refractivity (Wildman–Crippen MR) is 269 cm³/mol. The molecule has 5 aliphatic rings. The lowest BCUT2D eigenvalue weighted by molar-refractivity contribution is -0.153. The molecule has 17 heteroatoms. The van der Waals surface area contributed by atoms with E-state index < -0.39 is 77.3 Å². The molecule has 1 spiro atoms. The fourth-order valence-electron chi connectivity index (χ4n) is 9.82. The van der Waals surface area contributed by atoms with Crippen LogP contribution in [0.3, 0.4) is 0 Å². The number of hydrogen-bond donors (Lipinski definition) is 6. The van der Waals surface area contributed by atoms with Gasteiger partial charge in [0.15, 0.2) is 5.75 Å². The van der Waals surface area contributed by atoms with Gasteiger partial charge in [0, 0.05) is 100 Å². The number of phenols is 2. The van der Waals surface area contributed by atoms with Crippen LogP contribution in [0.4, 0.5) is 11.4 Å². The van der Waals surface area contributed by atoms with Crippen LogP contribution in [0.15, 0.2) is 76.5 Å². The molecule has 3 aromatic carbocycles. The van der Waals surface area contributed by atoms with Gasteiger partial charge in [0.2, 0.25) is 5.91 Å². The van der Waals surface area contributed by atoms with Gasteiger partial charge < -0.3 is 55.1 Å². The highest BCUT2D eigenvalue weighted by Crippen LogP contribution is 2.51. The Hall–Kier alpha value is -6.30. The summed E-state index contributed by atoms with van der Waals surface area (Å²) in [5, 5.41) is 53.2. The van der Waals surface area contributed by atoms with E-state index in [2.05, 4.69) is 39.3 Å². The third-order valence-electron chi connectivity index (χ3n) is 14.1. The number of ketones is 1. The minimum absolute atomic E-state index is 0.0539. The van der Waals surface area contributed by atoms with Gasteiger partial charge in [0.05, 0.1) is 35.1 Å². The molecular formula is C54H70N6O11. The SMILES string of the molecule is C/C1=C/C=C/C(C)[C@H](O)[C@@H](C)C(O)C[C@H](OC(=O)CC(=O)NCCCN(C)c2ccccc2)CC/C=C/OC2(C)Oc3c(C)c(O)c4c(O)c(c5c(c4c3C2=O)NC2(CCN(CC(C)C)CC2)N=5)=NC1=O. The number of likely N-dealkylation sites (tertiary alicyclic amines) is 1. The number of hydrogen-bond acceptors (Lipinski definition) is 15. The van der Waals surface area contributed by atoms with E-state index in [0.29, 0.717) is 57.0 Å². The standard InChI is InChI=1S/C54H70N6O11/c1-31(2)30-60-25-21-54(22-26-60)57-44-41-42-48(65)35(6)50-43(41)51(67)53(7,71-50)69-27-13-12-20-37(70-40(63)29-39(62)55-23-15-24-59(8)36-18-10-9-11-19-36)28-38(61)34(5)47(64)32(3)16-14-17-33(4)52(68)56-46(49(42)66)45(44)58-54/h9-11,13-14,16-19,27,31-32,34,37-38,47,57,61,64-66H,12,15,20-26,28-30H2,1-8H3,(H,55,62)/b16-14+,27-13+,33-17-,56-46?/t32?,34-,37+,38?,47-,53?/m0/s1. The Kier molecular flexibility index (Phi) is 16.3. The molecule has 6 atom stereocenters. The van der Waals surface area contributed by atoms with Crippen LogP contribution in [-0.4, -0.2) is 118 Å². The minimum Gasteiger partial charge on any atom is -0.507 e. The lowest BCUT2D eigenvalue weighted by Gasteiger charge is -2.38. The molecule has 0 aromatic heterocycles. The second-order valence-corrected chi connectivity index (χ2v) is 20.2. The molecule has 0 radical (unpaired) electrons. The van der Waals surface area contributed by atoms with Crippen LogP contribution in [0.1, 0.15) is 102 Å². The van der Waals surface area contributed by atoms with Crippen molar-refractivity contribution >= 4 is 45.7 Å². The maximum absolute atomic E-state index is 14.7. The zero-order valence-corrected chi connectivity index (χ0v) is 42.2. The van der Waals surface area contributed by atoms with Crippen LogP contribution in [-0.2, 0) is 23.9 Å². The monoisotopic (exact) mass is 979 g/mol. The zero-order chi connectivity index (χ0) is 51.4. The molecule has 8 rings (SSSR count). The lowest BCUT2D eigenvalue weighted by atomic mass is 9.86. The van der Waals surface area contributed by atoms with E-state index in [0.717, 1.165) is 12.2 Å². The van der Waals surface area contributed by atoms with Crippen LogP contribution in [0, 0.1) is 24.7 Å². The molecule has 2 amide bonds. The average Bonchev–Trinajstić information content (AvgIpc) is 3.83. The van der Waals surface area contributed by atoms with E-state index in [1.54, 1.807) is 45.9 Å². The maximum atomic E-state index is 14.7. The van der Waals surface area contributed by atoms with Crippen molar-refractivity contribution in [2.75, 3.05) is 50.0 Å². The second kappa shape index (κ2) is 22.0. The third kappa shape index (κ3) is 11.6. The van der Waals surface area contributed by atoms with Gasteiger partial charge >= 0.3 is 11.8 Å². The Morgan fingerprint density at radius 3 is 2.46 bits per heavy atom. The van der Waals surface area contributed by atoms with Gasteiger partial charge in [-0.3, -0.25) is 24.2 Å². The highest BCUT2D eigenvalue weighted by Gasteiger charge is 2.50. The highest BCUT2D eigenvalue weighted by atomic mass is 16.7. The number of nitrogens with zero attached hydrogens (tertiary/aromatic N) is 4. The van der Waals surface area contributed by atoms with Crippen molar-refractivity contribution in [3.63, 3.8) is 0 Å². The fraction of sp³-hybridized carbons (Fsp3) is 0.519. The van der Waals surface area contributed by atoms with Crippen molar-refractivity contribution < 1.29 is 53.8 Å². The summed E-state index contributed by atoms with van der Waals surface area (Å²) in [5.74, 6) is -6.10. The number of allylic oxidation sites excluding steroid dienone is 3. The van der Waals surface area contributed by atoms with Gasteiger partial charge in [-0.2, -0.15) is 0 Å². The van der Waals surface area contributed by atoms with Gasteiger partial charge in [0.25, 0.3) is 11.7 Å². The Balaban J connectivity index is 1.17. The quantitative estimate of drug-likeness (QED) is 0.0625. The first-order chi connectivity index (χ1) is 33.7. The number of fused-ring (bicyclic) bond motifs is 13. The largest absolute Gasteiger partial charge is 0.507 e. The molecule has 3 aromatic rings. The van der Waals surface area contributed by atoms with E-state index in [1.807, 2.05) is 37.4 Å². The fourth-order valence-corrected chi connectivity index (χ4v) is 9.82. The predicted octanol–water partition coefficient (Wildman–Crippen LogP) is 5.65. The highest BCUT2D eigenvalue weighted by molar-refractivity contribution is 6.21. The van der Waals surface area contributed by atoms with Gasteiger partial charge in [0.1, 0.15) is 40.4 Å². The Morgan fingerprint density at radius 2 is 1.76 bits per heavy atom. The summed E-state index contributed by atoms with van der Waals surface area (Å²) in [4.78, 5) is 68.7. The number of ether oxygens (including phenoxy) is 3. The number of rotatable bonds is 10. The van der Waals surface area contributed by atoms with E-state index >= 15 is 0 Å². The first-order valence-electron chi connectivity index (χ1n) is 24.8. The van der Waals surface area contributed by atoms with E-state index in [9.17, 15) is 39.6 Å². The molecule has 5 bridgehead atoms. The number of nitrogens with one attached hydrogen (secondary N) is 2. The van der Waals surface area contributed by atoms with Gasteiger partial charge in [-0.25, -0.2) is 4.99 Å². The number of esters is 1. The van der Waals surface area contributed by atoms with Crippen LogP contribution >= 0.6 is 0 Å². The molecule has 71 heavy (non-hydrogen) atoms. The summed E-state index contributed by atoms with van der Waals surface area (Å²) in [5.41, 5.74) is 0.907. The lowest BCUT2D eigenvalue weighted by Crippen LogP contribution is -2.47. The molecule has 1 fully saturated rings. The van der Waals surface area contributed by atoms with E-state index in [1.165, 1.54) is 19.3 Å². The second-order valence-electron chi connectivity index (χ2n) is 20.2. The minimum atomic E-state index is -1.93. The van der Waals surface area contributed by atoms with Crippen LogP contribution in [0.5, 0.6) is 17.2 Å². The molecule has 382 valence electrons. The number of amides is 2. The van der Waals surface area contributed by atoms with Crippen LogP contribution in [0.25, 0.3) is 10.8 Å². The summed E-state index contributed by atoms with van der Waals surface area (Å²) >= 11 is 0. The van der Waals surface area contributed by atoms with E-state index in [4.69, 9.17) is 19.2 Å². The molecule has 1 saturated heterocycles. The van der Waals surface area contributed by atoms with Crippen LogP contribution < -0.4 is 31.0 Å². The number of para-hydroxylation sites is 1. The number of aliphatic hydroxyl groups excluding tert-OH is 2. The smallest absolute Gasteiger partial charge is 0.315 e. The first kappa shape index (κ1) is 52.5. The van der Waals surface area contributed by atoms with Crippen molar-refractivity contribution in [1.82, 2.24) is 10.2 Å². The number of Topliss-reactive ketones (excluding diaryl/α,β-unsaturated/α-hetero) is 1. The molecular weight excluding hydrogens is 909 g/mol. The summed E-state index contributed by atoms with van der Waals surface area (Å²) in [6.45, 7) is 15.7. The van der Waals surface area contributed by atoms with Crippen molar-refractivity contribution in [2.24, 2.45) is 27.7 Å². The third-order valence-corrected chi connectivity index (χ3v) is 14.1. The molecule has 6 N–H and O–H groups in total. The molecule has 5 aliphatic heterocycles. The number of anilines is 2. The normalized spacial score (nSPS) is 26.4. The Bertz CT molecular complexity index is 2730. The first-order valence-corrected chi connectivity index (χ1v) is 24.8. The van der Waals surface area contributed by atoms with Gasteiger partial charge in [-0.05, 0) is 57.2 Å². The van der Waals surface area contributed by atoms with Gasteiger partial charge in [-0.15, -0.1) is 0 Å². The summed E-state index contributed by atoms with van der Waals surface area (Å²) in [7, 11) is 1.96. The molecule has 17 nitrogen and oxygen atoms in total. The van der Waals surface area contributed by atoms with Crippen molar-refractivity contribution in [3.8, 4) is 17.2 Å². The summed E-state index contributed by atoms with van der Waals surface area (Å²) in [6, 6.07) is 9.84. The van der Waals surface area contributed by atoms with E-state index in [-0.39, 0.29) is 68.9 Å². The number of aromatic hydroxyl groups is 2. The number of phenolic OH excluding ortho intramolecular Hbond substituents is 2. The van der Waals surface area contributed by atoms with Crippen LogP contribution in [0.2, 0.25) is 0 Å². The molecule has 3 unspecified atom stereocenters. The molecule has 0 aliphatic carbocycles.